The fourth-order valence-corrected chi connectivity index (χ4v) is 3.19. The van der Waals surface area contributed by atoms with Crippen molar-refractivity contribution >= 4 is 28.1 Å². The summed E-state index contributed by atoms with van der Waals surface area (Å²) in [5.41, 5.74) is 5.41. The highest BCUT2D eigenvalue weighted by Crippen LogP contribution is 2.36. The van der Waals surface area contributed by atoms with Gasteiger partial charge in [0.05, 0.1) is 6.21 Å². The number of amides is 1. The summed E-state index contributed by atoms with van der Waals surface area (Å²) in [5.74, 6) is 1.57. The van der Waals surface area contributed by atoms with Crippen molar-refractivity contribution in [2.75, 3.05) is 13.4 Å². The number of fused-ring (bicyclic) bond motifs is 1. The fourth-order valence-electron chi connectivity index (χ4n) is 2.76. The van der Waals surface area contributed by atoms with E-state index in [4.69, 9.17) is 14.2 Å². The van der Waals surface area contributed by atoms with Crippen molar-refractivity contribution in [3.63, 3.8) is 0 Å². The van der Waals surface area contributed by atoms with Gasteiger partial charge < -0.3 is 14.2 Å². The molecular formula is C22H17BrN2O4. The maximum atomic E-state index is 12.0. The van der Waals surface area contributed by atoms with Crippen LogP contribution < -0.4 is 19.6 Å². The van der Waals surface area contributed by atoms with Gasteiger partial charge in [0.1, 0.15) is 5.75 Å². The summed E-state index contributed by atoms with van der Waals surface area (Å²) in [5, 5.41) is 3.96. The minimum atomic E-state index is -0.356. The average Bonchev–Trinajstić information content (AvgIpc) is 3.20. The van der Waals surface area contributed by atoms with Crippen LogP contribution in [0.2, 0.25) is 0 Å². The van der Waals surface area contributed by atoms with Crippen molar-refractivity contribution in [1.29, 1.82) is 0 Å². The molecule has 0 radical (unpaired) electrons. The van der Waals surface area contributed by atoms with E-state index in [0.717, 1.165) is 21.2 Å². The molecule has 0 atom stereocenters. The quantitative estimate of drug-likeness (QED) is 0.445. The number of ether oxygens (including phenoxy) is 3. The largest absolute Gasteiger partial charge is 0.484 e. The van der Waals surface area contributed by atoms with Crippen LogP contribution in [0.5, 0.6) is 17.2 Å². The molecule has 0 saturated heterocycles. The molecule has 1 amide bonds. The summed E-state index contributed by atoms with van der Waals surface area (Å²) >= 11 is 3.44. The molecule has 0 spiro atoms. The van der Waals surface area contributed by atoms with Crippen LogP contribution in [0.1, 0.15) is 5.56 Å². The first-order valence-electron chi connectivity index (χ1n) is 8.88. The van der Waals surface area contributed by atoms with Crippen LogP contribution in [0.4, 0.5) is 0 Å². The third-order valence-corrected chi connectivity index (χ3v) is 4.90. The van der Waals surface area contributed by atoms with E-state index >= 15 is 0 Å². The highest BCUT2D eigenvalue weighted by Gasteiger charge is 2.15. The van der Waals surface area contributed by atoms with E-state index < -0.39 is 0 Å². The summed E-state index contributed by atoms with van der Waals surface area (Å²) in [7, 11) is 0. The third-order valence-electron chi connectivity index (χ3n) is 4.22. The normalized spacial score (nSPS) is 12.2. The number of nitrogens with one attached hydrogen (secondary N) is 1. The van der Waals surface area contributed by atoms with Gasteiger partial charge in [0.2, 0.25) is 6.79 Å². The molecule has 4 rings (SSSR count). The van der Waals surface area contributed by atoms with Crippen molar-refractivity contribution in [2.45, 2.75) is 0 Å². The second-order valence-electron chi connectivity index (χ2n) is 6.20. The van der Waals surface area contributed by atoms with Crippen molar-refractivity contribution in [1.82, 2.24) is 5.43 Å². The van der Waals surface area contributed by atoms with Crippen molar-refractivity contribution in [3.05, 3.63) is 76.8 Å². The smallest absolute Gasteiger partial charge is 0.277 e. The fraction of sp³-hybridized carbons (Fsp3) is 0.0909. The first-order valence-corrected chi connectivity index (χ1v) is 9.68. The highest BCUT2D eigenvalue weighted by molar-refractivity contribution is 9.10. The van der Waals surface area contributed by atoms with Crippen LogP contribution in [0, 0.1) is 0 Å². The van der Waals surface area contributed by atoms with E-state index in [0.29, 0.717) is 17.2 Å². The van der Waals surface area contributed by atoms with E-state index in [1.807, 2.05) is 54.6 Å². The van der Waals surface area contributed by atoms with Crippen molar-refractivity contribution in [3.8, 4) is 28.4 Å². The molecule has 3 aromatic rings. The van der Waals surface area contributed by atoms with E-state index in [9.17, 15) is 4.79 Å². The molecule has 1 aliphatic heterocycles. The minimum absolute atomic E-state index is 0.135. The minimum Gasteiger partial charge on any atom is -0.484 e. The second-order valence-corrected chi connectivity index (χ2v) is 7.05. The lowest BCUT2D eigenvalue weighted by atomic mass is 10.1. The van der Waals surface area contributed by atoms with Gasteiger partial charge in [0, 0.05) is 10.0 Å². The Morgan fingerprint density at radius 2 is 1.72 bits per heavy atom. The number of carbonyl (C=O) groups is 1. The molecular weight excluding hydrogens is 436 g/mol. The number of rotatable bonds is 6. The van der Waals surface area contributed by atoms with E-state index in [1.54, 1.807) is 12.1 Å². The topological polar surface area (TPSA) is 69.2 Å². The van der Waals surface area contributed by atoms with Gasteiger partial charge in [-0.3, -0.25) is 4.79 Å². The van der Waals surface area contributed by atoms with Crippen molar-refractivity contribution in [2.24, 2.45) is 5.10 Å². The number of benzene rings is 3. The molecule has 0 bridgehead atoms. The summed E-state index contributed by atoms with van der Waals surface area (Å²) < 4.78 is 16.9. The molecule has 0 unspecified atom stereocenters. The van der Waals surface area contributed by atoms with Gasteiger partial charge in [-0.25, -0.2) is 5.43 Å². The van der Waals surface area contributed by atoms with Crippen molar-refractivity contribution < 1.29 is 19.0 Å². The summed E-state index contributed by atoms with van der Waals surface area (Å²) in [6.07, 6.45) is 1.53. The molecule has 7 heteroatoms. The van der Waals surface area contributed by atoms with Crippen LogP contribution in [0.25, 0.3) is 11.1 Å². The van der Waals surface area contributed by atoms with Crippen LogP contribution >= 0.6 is 15.9 Å². The molecule has 1 heterocycles. The van der Waals surface area contributed by atoms with Gasteiger partial charge in [-0.2, -0.15) is 5.10 Å². The molecule has 0 aromatic heterocycles. The molecule has 6 nitrogen and oxygen atoms in total. The maximum Gasteiger partial charge on any atom is 0.277 e. The Labute approximate surface area is 176 Å². The van der Waals surface area contributed by atoms with Crippen LogP contribution in [0.15, 0.2) is 76.3 Å². The average molecular weight is 453 g/mol. The Balaban J connectivity index is 1.29. The maximum absolute atomic E-state index is 12.0. The molecule has 0 aliphatic carbocycles. The molecule has 1 aliphatic rings. The first-order chi connectivity index (χ1) is 14.2. The van der Waals surface area contributed by atoms with Gasteiger partial charge in [-0.15, -0.1) is 0 Å². The molecule has 3 aromatic carbocycles. The number of nitrogens with zero attached hydrogens (tertiary/aromatic N) is 1. The Morgan fingerprint density at radius 1 is 1.03 bits per heavy atom. The van der Waals surface area contributed by atoms with Gasteiger partial charge in [0.25, 0.3) is 5.91 Å². The second kappa shape index (κ2) is 8.79. The summed E-state index contributed by atoms with van der Waals surface area (Å²) in [4.78, 5) is 12.0. The number of carbonyl (C=O) groups excluding carboxylic acids is 1. The third kappa shape index (κ3) is 4.75. The van der Waals surface area contributed by atoms with Gasteiger partial charge in [0.15, 0.2) is 18.1 Å². The van der Waals surface area contributed by atoms with Gasteiger partial charge in [-0.1, -0.05) is 42.5 Å². The molecule has 0 saturated carbocycles. The predicted molar refractivity (Wildman–Crippen MR) is 113 cm³/mol. The monoisotopic (exact) mass is 452 g/mol. The zero-order chi connectivity index (χ0) is 20.1. The lowest BCUT2D eigenvalue weighted by molar-refractivity contribution is -0.123. The summed E-state index contributed by atoms with van der Waals surface area (Å²) in [6, 6.07) is 21.2. The first kappa shape index (κ1) is 19.0. The van der Waals surface area contributed by atoms with Crippen LogP contribution in [-0.2, 0) is 4.79 Å². The highest BCUT2D eigenvalue weighted by atomic mass is 79.9. The standard InChI is InChI=1S/C22H17BrN2O4/c23-19-11-21-20(28-14-29-21)10-17(19)12-24-25-22(26)13-27-18-8-6-16(7-9-18)15-4-2-1-3-5-15/h1-12H,13-14H2,(H,25,26)/b24-12+. The van der Waals surface area contributed by atoms with E-state index in [2.05, 4.69) is 26.5 Å². The van der Waals surface area contributed by atoms with Gasteiger partial charge in [-0.05, 0) is 51.3 Å². The Kier molecular flexibility index (Phi) is 5.76. The lowest BCUT2D eigenvalue weighted by Crippen LogP contribution is -2.24. The Bertz CT molecular complexity index is 1040. The number of halogens is 1. The Hall–Kier alpha value is -3.32. The SMILES string of the molecule is O=C(COc1ccc(-c2ccccc2)cc1)N/N=C/c1cc2c(cc1Br)OCO2. The number of hydrogen-bond donors (Lipinski definition) is 1. The zero-order valence-corrected chi connectivity index (χ0v) is 16.9. The van der Waals surface area contributed by atoms with E-state index in [1.165, 1.54) is 6.21 Å². The zero-order valence-electron chi connectivity index (χ0n) is 15.3. The Morgan fingerprint density at radius 3 is 2.48 bits per heavy atom. The molecule has 29 heavy (non-hydrogen) atoms. The predicted octanol–water partition coefficient (Wildman–Crippen LogP) is 4.37. The molecule has 0 fully saturated rings. The number of hydrazone groups is 1. The van der Waals surface area contributed by atoms with E-state index in [-0.39, 0.29) is 19.3 Å². The van der Waals surface area contributed by atoms with Crippen LogP contribution in [0.3, 0.4) is 0 Å². The molecule has 146 valence electrons. The molecule has 1 N–H and O–H groups in total. The number of hydrogen-bond acceptors (Lipinski definition) is 5. The lowest BCUT2D eigenvalue weighted by Gasteiger charge is -2.07. The van der Waals surface area contributed by atoms with Crippen LogP contribution in [-0.4, -0.2) is 25.5 Å². The summed E-state index contributed by atoms with van der Waals surface area (Å²) in [6.45, 7) is 0.0626. The van der Waals surface area contributed by atoms with Gasteiger partial charge >= 0.3 is 0 Å².